The number of hydrogen-bond acceptors (Lipinski definition) is 6. The van der Waals surface area contributed by atoms with Crippen LogP contribution in [0.3, 0.4) is 0 Å². The molecular formula is C46H96N2O6. The van der Waals surface area contributed by atoms with Gasteiger partial charge in [-0.2, -0.15) is 0 Å². The van der Waals surface area contributed by atoms with Gasteiger partial charge in [-0.25, -0.2) is 5.90 Å². The Hall–Kier alpha value is -1.51. The molecule has 0 aromatic heterocycles. The zero-order valence-corrected chi connectivity index (χ0v) is 36.5. The Labute approximate surface area is 336 Å². The van der Waals surface area contributed by atoms with Crippen LogP contribution in [0.1, 0.15) is 252 Å². The smallest absolute Gasteiger partial charge is 0.290 e. The van der Waals surface area contributed by atoms with Gasteiger partial charge >= 0.3 is 0 Å². The molecule has 0 heterocycles. The van der Waals surface area contributed by atoms with Crippen molar-refractivity contribution >= 4 is 19.2 Å². The highest BCUT2D eigenvalue weighted by molar-refractivity contribution is 5.48. The van der Waals surface area contributed by atoms with Crippen LogP contribution in [0.2, 0.25) is 0 Å². The van der Waals surface area contributed by atoms with Gasteiger partial charge < -0.3 is 25.1 Å². The molecule has 0 aliphatic heterocycles. The van der Waals surface area contributed by atoms with E-state index < -0.39 is 0 Å². The second kappa shape index (κ2) is 60.7. The van der Waals surface area contributed by atoms with E-state index in [0.29, 0.717) is 0 Å². The van der Waals surface area contributed by atoms with Gasteiger partial charge in [-0.05, 0) is 51.2 Å². The topological polar surface area (TPSA) is 141 Å². The first-order valence-electron chi connectivity index (χ1n) is 23.2. The molecule has 0 spiro atoms. The molecule has 0 aromatic rings. The lowest BCUT2D eigenvalue weighted by Gasteiger charge is -2.22. The third-order valence-electron chi connectivity index (χ3n) is 10.6. The molecule has 0 atom stereocenters. The fourth-order valence-corrected chi connectivity index (χ4v) is 7.41. The van der Waals surface area contributed by atoms with E-state index in [1.165, 1.54) is 238 Å². The first-order chi connectivity index (χ1) is 26.6. The number of carbonyl (C=O) groups is 3. The Balaban J connectivity index is -0.00000143. The molecule has 0 aliphatic carbocycles. The summed E-state index contributed by atoms with van der Waals surface area (Å²) in [6.45, 7) is 10.3. The number of hydrogen-bond donors (Lipinski definition) is 4. The Morgan fingerprint density at radius 1 is 0.389 bits per heavy atom. The van der Waals surface area contributed by atoms with Crippen LogP contribution in [0.5, 0.6) is 0 Å². The van der Waals surface area contributed by atoms with E-state index in [2.05, 4.69) is 31.6 Å². The maximum absolute atomic E-state index is 10.7. The highest BCUT2D eigenvalue weighted by Gasteiger charge is 2.09. The maximum atomic E-state index is 10.7. The summed E-state index contributed by atoms with van der Waals surface area (Å²) in [7, 11) is 0. The molecule has 5 N–H and O–H groups in total. The summed E-state index contributed by atoms with van der Waals surface area (Å²) in [5.41, 5.74) is 0. The van der Waals surface area contributed by atoms with Gasteiger partial charge in [0.2, 0.25) is 0 Å². The fraction of sp³-hybridized carbons (Fsp3) is 0.935. The molecule has 0 aliphatic rings. The van der Waals surface area contributed by atoms with Gasteiger partial charge in [0.05, 0.1) is 0 Å². The van der Waals surface area contributed by atoms with Crippen molar-refractivity contribution in [1.82, 2.24) is 4.90 Å². The van der Waals surface area contributed by atoms with Crippen molar-refractivity contribution in [3.8, 4) is 0 Å². The van der Waals surface area contributed by atoms with Gasteiger partial charge in [0.1, 0.15) is 6.29 Å². The summed E-state index contributed by atoms with van der Waals surface area (Å²) in [5, 5.41) is 20.3. The molecular weight excluding hydrogens is 677 g/mol. The lowest BCUT2D eigenvalue weighted by Crippen LogP contribution is -2.27. The standard InChI is InChI=1S/C44H89NO.2CH2O2.H3NO/c1-4-7-10-13-16-17-18-19-20-21-26-33-40-45(42-35-28-29-36-43-46)41-34-27-22-25-32-39-44(37-30-23-14-11-8-5-2)38-31-24-15-12-9-6-3;2*2-1-3;1-2/h43-44H,4-42H2,1-3H3;2*1H,(H,2,3);2H,1H2. The van der Waals surface area contributed by atoms with Crippen molar-refractivity contribution in [3.05, 3.63) is 0 Å². The number of nitrogens with zero attached hydrogens (tertiary/aromatic N) is 1. The average Bonchev–Trinajstić information content (AvgIpc) is 3.18. The largest absolute Gasteiger partial charge is 0.483 e. The van der Waals surface area contributed by atoms with Crippen molar-refractivity contribution in [2.45, 2.75) is 252 Å². The fourth-order valence-electron chi connectivity index (χ4n) is 7.41. The minimum absolute atomic E-state index is 0.250. The van der Waals surface area contributed by atoms with Crippen LogP contribution in [0.15, 0.2) is 0 Å². The maximum Gasteiger partial charge on any atom is 0.290 e. The molecule has 0 rings (SSSR count). The van der Waals surface area contributed by atoms with Crippen LogP contribution in [0.25, 0.3) is 0 Å². The normalized spacial score (nSPS) is 10.6. The van der Waals surface area contributed by atoms with Gasteiger partial charge in [0.25, 0.3) is 12.9 Å². The van der Waals surface area contributed by atoms with Gasteiger partial charge in [0.15, 0.2) is 0 Å². The Morgan fingerprint density at radius 2 is 0.611 bits per heavy atom. The second-order valence-corrected chi connectivity index (χ2v) is 15.5. The van der Waals surface area contributed by atoms with Crippen molar-refractivity contribution in [1.29, 1.82) is 0 Å². The van der Waals surface area contributed by atoms with Gasteiger partial charge in [-0.3, -0.25) is 9.59 Å². The van der Waals surface area contributed by atoms with E-state index in [1.807, 2.05) is 0 Å². The average molecular weight is 773 g/mol. The number of carboxylic acid groups (broad SMARTS) is 2. The molecule has 0 aromatic carbocycles. The Bertz CT molecular complexity index is 633. The minimum atomic E-state index is -0.250. The van der Waals surface area contributed by atoms with Gasteiger partial charge in [0, 0.05) is 6.42 Å². The van der Waals surface area contributed by atoms with Gasteiger partial charge in [-0.15, -0.1) is 0 Å². The molecule has 0 saturated carbocycles. The number of aldehydes is 1. The van der Waals surface area contributed by atoms with E-state index >= 15 is 0 Å². The highest BCUT2D eigenvalue weighted by atomic mass is 16.4. The van der Waals surface area contributed by atoms with E-state index in [0.717, 1.165) is 25.0 Å². The molecule has 8 heteroatoms. The molecule has 0 fully saturated rings. The van der Waals surface area contributed by atoms with E-state index in [1.54, 1.807) is 0 Å². The lowest BCUT2D eigenvalue weighted by atomic mass is 9.89. The number of nitrogens with two attached hydrogens (primary N) is 1. The summed E-state index contributed by atoms with van der Waals surface area (Å²) >= 11 is 0. The van der Waals surface area contributed by atoms with Crippen LogP contribution in [-0.4, -0.2) is 59.2 Å². The lowest BCUT2D eigenvalue weighted by molar-refractivity contribution is -0.123. The van der Waals surface area contributed by atoms with Gasteiger partial charge in [-0.1, -0.05) is 220 Å². The SMILES string of the molecule is CCCCCCCCCCCCCCN(CCCCCC=O)CCCCCCCC(CCCCCCCC)CCCCCCCC.NO.O=CO.O=CO. The summed E-state index contributed by atoms with van der Waals surface area (Å²) in [6.07, 6.45) is 51.6. The van der Waals surface area contributed by atoms with Crippen molar-refractivity contribution in [3.63, 3.8) is 0 Å². The summed E-state index contributed by atoms with van der Waals surface area (Å²) < 4.78 is 0. The monoisotopic (exact) mass is 773 g/mol. The van der Waals surface area contributed by atoms with Crippen LogP contribution in [0, 0.1) is 5.92 Å². The number of rotatable bonds is 41. The first kappa shape index (κ1) is 59.2. The molecule has 0 amide bonds. The summed E-state index contributed by atoms with van der Waals surface area (Å²) in [5.74, 6) is 4.50. The zero-order chi connectivity index (χ0) is 40.9. The molecule has 0 bridgehead atoms. The molecule has 8 nitrogen and oxygen atoms in total. The van der Waals surface area contributed by atoms with E-state index in [-0.39, 0.29) is 12.9 Å². The third kappa shape index (κ3) is 59.8. The molecule has 326 valence electrons. The van der Waals surface area contributed by atoms with E-state index in [4.69, 9.17) is 25.0 Å². The quantitative estimate of drug-likeness (QED) is 0.0273. The predicted octanol–water partition coefficient (Wildman–Crippen LogP) is 13.9. The van der Waals surface area contributed by atoms with Crippen LogP contribution >= 0.6 is 0 Å². The number of carbonyl (C=O) groups excluding carboxylic acids is 1. The van der Waals surface area contributed by atoms with Crippen molar-refractivity contribution in [2.75, 3.05) is 19.6 Å². The molecule has 54 heavy (non-hydrogen) atoms. The Kier molecular flexibility index (Phi) is 66.6. The summed E-state index contributed by atoms with van der Waals surface area (Å²) in [4.78, 5) is 30.2. The van der Waals surface area contributed by atoms with E-state index in [9.17, 15) is 4.79 Å². The van der Waals surface area contributed by atoms with Crippen molar-refractivity contribution < 1.29 is 29.8 Å². The Morgan fingerprint density at radius 3 is 0.870 bits per heavy atom. The minimum Gasteiger partial charge on any atom is -0.483 e. The first-order valence-corrected chi connectivity index (χ1v) is 23.2. The zero-order valence-electron chi connectivity index (χ0n) is 36.5. The van der Waals surface area contributed by atoms with Crippen LogP contribution in [0.4, 0.5) is 0 Å². The van der Waals surface area contributed by atoms with Crippen LogP contribution in [-0.2, 0) is 14.4 Å². The predicted molar refractivity (Wildman–Crippen MR) is 233 cm³/mol. The summed E-state index contributed by atoms with van der Waals surface area (Å²) in [6, 6.07) is 0. The van der Waals surface area contributed by atoms with Crippen LogP contribution < -0.4 is 5.90 Å². The molecule has 0 unspecified atom stereocenters. The molecule has 0 saturated heterocycles. The molecule has 0 radical (unpaired) electrons. The van der Waals surface area contributed by atoms with Crippen molar-refractivity contribution in [2.24, 2.45) is 11.8 Å². The third-order valence-corrected chi connectivity index (χ3v) is 10.6. The highest BCUT2D eigenvalue weighted by Crippen LogP contribution is 2.25. The second-order valence-electron chi connectivity index (χ2n) is 15.5. The number of unbranched alkanes of at least 4 members (excludes halogenated alkanes) is 28.